The number of aromatic nitrogens is 2. The summed E-state index contributed by atoms with van der Waals surface area (Å²) in [5, 5.41) is 10.7. The molecule has 0 unspecified atom stereocenters. The first-order chi connectivity index (χ1) is 16.8. The molecule has 0 radical (unpaired) electrons. The first-order valence-electron chi connectivity index (χ1n) is 12.4. The zero-order chi connectivity index (χ0) is 24.7. The van der Waals surface area contributed by atoms with Crippen LogP contribution in [-0.4, -0.2) is 14.7 Å². The number of phenolic OH excluding ortho intramolecular Hbond substituents is 1. The molecule has 0 amide bonds. The third-order valence-corrected chi connectivity index (χ3v) is 6.72. The zero-order valence-corrected chi connectivity index (χ0v) is 21.1. The lowest BCUT2D eigenvalue weighted by atomic mass is 9.88. The van der Waals surface area contributed by atoms with E-state index in [1.165, 1.54) is 33.5 Å². The Kier molecular flexibility index (Phi) is 5.94. The van der Waals surface area contributed by atoms with Crippen molar-refractivity contribution in [2.45, 2.75) is 46.5 Å². The Morgan fingerprint density at radius 3 is 1.91 bits per heavy atom. The second-order valence-corrected chi connectivity index (χ2v) is 9.96. The Hall–Kier alpha value is -3.85. The molecule has 0 fully saturated rings. The van der Waals surface area contributed by atoms with Gasteiger partial charge in [-0.05, 0) is 65.3 Å². The highest BCUT2D eigenvalue weighted by Crippen LogP contribution is 2.41. The van der Waals surface area contributed by atoms with Crippen LogP contribution in [0.5, 0.6) is 5.75 Å². The van der Waals surface area contributed by atoms with E-state index in [0.717, 1.165) is 16.9 Å². The van der Waals surface area contributed by atoms with Crippen LogP contribution in [0.2, 0.25) is 0 Å². The highest BCUT2D eigenvalue weighted by atomic mass is 16.3. The summed E-state index contributed by atoms with van der Waals surface area (Å²) in [4.78, 5) is 4.98. The highest BCUT2D eigenvalue weighted by Gasteiger charge is 2.24. The van der Waals surface area contributed by atoms with Gasteiger partial charge in [-0.1, -0.05) is 93.9 Å². The number of hydrogen-bond acceptors (Lipinski definition) is 2. The third kappa shape index (κ3) is 4.12. The average molecular weight is 461 g/mol. The second kappa shape index (κ2) is 9.07. The van der Waals surface area contributed by atoms with Gasteiger partial charge in [0.25, 0.3) is 0 Å². The van der Waals surface area contributed by atoms with Crippen molar-refractivity contribution in [3.8, 4) is 34.0 Å². The highest BCUT2D eigenvalue weighted by molar-refractivity contribution is 5.89. The minimum Gasteiger partial charge on any atom is -0.506 e. The van der Waals surface area contributed by atoms with Crippen molar-refractivity contribution in [1.29, 1.82) is 0 Å². The molecular weight excluding hydrogens is 428 g/mol. The molecule has 0 spiro atoms. The Balaban J connectivity index is 1.90. The fraction of sp³-hybridized carbons (Fsp3) is 0.219. The van der Waals surface area contributed by atoms with Crippen molar-refractivity contribution < 1.29 is 5.11 Å². The SMILES string of the molecule is Cc1ccc(-c2nc3c(O)cccc3n2-c2c(C(C)C)cc(-c3ccccc3)cc2C(C)C)cc1. The minimum atomic E-state index is 0.202. The summed E-state index contributed by atoms with van der Waals surface area (Å²) in [6.07, 6.45) is 0. The number of rotatable bonds is 5. The standard InChI is InChI=1S/C32H32N2O/c1-20(2)26-18-25(23-10-7-6-8-11-23)19-27(21(3)4)31(26)34-28-12-9-13-29(35)30(28)33-32(34)24-16-14-22(5)15-17-24/h6-21,35H,1-5H3. The monoisotopic (exact) mass is 460 g/mol. The summed E-state index contributed by atoms with van der Waals surface area (Å²) in [6.45, 7) is 11.1. The Morgan fingerprint density at radius 1 is 0.686 bits per heavy atom. The third-order valence-electron chi connectivity index (χ3n) is 6.72. The first kappa shape index (κ1) is 22.9. The summed E-state index contributed by atoms with van der Waals surface area (Å²) in [5.41, 5.74) is 9.92. The lowest BCUT2D eigenvalue weighted by molar-refractivity contribution is 0.480. The van der Waals surface area contributed by atoms with Crippen LogP contribution in [0.4, 0.5) is 0 Å². The van der Waals surface area contributed by atoms with Crippen molar-refractivity contribution >= 4 is 11.0 Å². The van der Waals surface area contributed by atoms with Crippen LogP contribution in [-0.2, 0) is 0 Å². The van der Waals surface area contributed by atoms with Crippen LogP contribution in [0.1, 0.15) is 56.2 Å². The lowest BCUT2D eigenvalue weighted by Gasteiger charge is -2.24. The molecule has 3 nitrogen and oxygen atoms in total. The molecule has 1 N–H and O–H groups in total. The van der Waals surface area contributed by atoms with Gasteiger partial charge in [0.05, 0.1) is 11.2 Å². The van der Waals surface area contributed by atoms with E-state index in [4.69, 9.17) is 4.98 Å². The van der Waals surface area contributed by atoms with E-state index in [0.29, 0.717) is 17.4 Å². The van der Waals surface area contributed by atoms with Gasteiger partial charge in [-0.3, -0.25) is 4.57 Å². The Morgan fingerprint density at radius 2 is 1.31 bits per heavy atom. The predicted octanol–water partition coefficient (Wildman–Crippen LogP) is 8.62. The second-order valence-electron chi connectivity index (χ2n) is 9.96. The molecule has 35 heavy (non-hydrogen) atoms. The summed E-state index contributed by atoms with van der Waals surface area (Å²) in [5.74, 6) is 1.64. The molecule has 4 aromatic carbocycles. The summed E-state index contributed by atoms with van der Waals surface area (Å²) >= 11 is 0. The summed E-state index contributed by atoms with van der Waals surface area (Å²) in [7, 11) is 0. The van der Waals surface area contributed by atoms with E-state index < -0.39 is 0 Å². The molecule has 5 aromatic rings. The summed E-state index contributed by atoms with van der Waals surface area (Å²) < 4.78 is 2.26. The molecule has 5 rings (SSSR count). The van der Waals surface area contributed by atoms with Gasteiger partial charge < -0.3 is 5.11 Å². The molecule has 0 saturated carbocycles. The molecule has 0 aliphatic heterocycles. The van der Waals surface area contributed by atoms with E-state index in [2.05, 4.69) is 112 Å². The first-order valence-corrected chi connectivity index (χ1v) is 12.4. The fourth-order valence-electron chi connectivity index (χ4n) is 4.82. The quantitative estimate of drug-likeness (QED) is 0.285. The van der Waals surface area contributed by atoms with Crippen LogP contribution in [0.25, 0.3) is 39.2 Å². The Labute approximate surface area is 207 Å². The van der Waals surface area contributed by atoms with Crippen LogP contribution in [0.15, 0.2) is 84.9 Å². The number of imidazole rings is 1. The number of hydrogen-bond donors (Lipinski definition) is 1. The molecule has 0 aliphatic rings. The predicted molar refractivity (Wildman–Crippen MR) is 147 cm³/mol. The van der Waals surface area contributed by atoms with Gasteiger partial charge >= 0.3 is 0 Å². The van der Waals surface area contributed by atoms with Gasteiger partial charge in [-0.15, -0.1) is 0 Å². The normalized spacial score (nSPS) is 11.6. The van der Waals surface area contributed by atoms with E-state index in [9.17, 15) is 5.11 Å². The van der Waals surface area contributed by atoms with Gasteiger partial charge in [0.1, 0.15) is 17.1 Å². The number of aryl methyl sites for hydroxylation is 1. The molecule has 0 bridgehead atoms. The fourth-order valence-corrected chi connectivity index (χ4v) is 4.82. The van der Waals surface area contributed by atoms with E-state index in [1.807, 2.05) is 6.07 Å². The lowest BCUT2D eigenvalue weighted by Crippen LogP contribution is -2.09. The topological polar surface area (TPSA) is 38.1 Å². The maximum absolute atomic E-state index is 10.7. The van der Waals surface area contributed by atoms with Crippen molar-refractivity contribution in [2.24, 2.45) is 0 Å². The molecule has 1 aromatic heterocycles. The van der Waals surface area contributed by atoms with Gasteiger partial charge in [0, 0.05) is 5.56 Å². The summed E-state index contributed by atoms with van der Waals surface area (Å²) in [6, 6.07) is 29.4. The molecule has 0 aliphatic carbocycles. The number of aromatic hydroxyl groups is 1. The van der Waals surface area contributed by atoms with E-state index in [-0.39, 0.29) is 5.75 Å². The molecule has 3 heteroatoms. The number of para-hydroxylation sites is 1. The molecule has 0 atom stereocenters. The van der Waals surface area contributed by atoms with Crippen molar-refractivity contribution in [1.82, 2.24) is 9.55 Å². The zero-order valence-electron chi connectivity index (χ0n) is 21.1. The van der Waals surface area contributed by atoms with Crippen LogP contribution in [0.3, 0.4) is 0 Å². The van der Waals surface area contributed by atoms with Crippen molar-refractivity contribution in [3.63, 3.8) is 0 Å². The number of benzene rings is 4. The maximum atomic E-state index is 10.7. The average Bonchev–Trinajstić information content (AvgIpc) is 3.24. The van der Waals surface area contributed by atoms with Gasteiger partial charge in [0.15, 0.2) is 0 Å². The van der Waals surface area contributed by atoms with E-state index in [1.54, 1.807) is 6.07 Å². The van der Waals surface area contributed by atoms with Gasteiger partial charge in [-0.25, -0.2) is 4.98 Å². The minimum absolute atomic E-state index is 0.202. The van der Waals surface area contributed by atoms with Gasteiger partial charge in [0.2, 0.25) is 0 Å². The van der Waals surface area contributed by atoms with Crippen LogP contribution < -0.4 is 0 Å². The van der Waals surface area contributed by atoms with Crippen LogP contribution in [0, 0.1) is 6.92 Å². The molecule has 176 valence electrons. The van der Waals surface area contributed by atoms with Gasteiger partial charge in [-0.2, -0.15) is 0 Å². The number of nitrogens with zero attached hydrogens (tertiary/aromatic N) is 2. The number of phenols is 1. The maximum Gasteiger partial charge on any atom is 0.145 e. The van der Waals surface area contributed by atoms with Crippen LogP contribution >= 0.6 is 0 Å². The van der Waals surface area contributed by atoms with E-state index >= 15 is 0 Å². The largest absolute Gasteiger partial charge is 0.506 e. The van der Waals surface area contributed by atoms with Crippen molar-refractivity contribution in [2.75, 3.05) is 0 Å². The number of fused-ring (bicyclic) bond motifs is 1. The molecular formula is C32H32N2O. The van der Waals surface area contributed by atoms with Crippen molar-refractivity contribution in [3.05, 3.63) is 102 Å². The molecule has 0 saturated heterocycles. The molecule has 1 heterocycles. The smallest absolute Gasteiger partial charge is 0.145 e. The Bertz CT molecular complexity index is 1460.